The van der Waals surface area contributed by atoms with Crippen molar-refractivity contribution < 1.29 is 19.5 Å². The highest BCUT2D eigenvalue weighted by Crippen LogP contribution is 2.61. The molecule has 7 rings (SSSR count). The average Bonchev–Trinajstić information content (AvgIpc) is 3.95. The van der Waals surface area contributed by atoms with Crippen LogP contribution in [0.5, 0.6) is 0 Å². The Morgan fingerprint density at radius 1 is 0.727 bits per heavy atom. The van der Waals surface area contributed by atoms with Gasteiger partial charge in [0.1, 0.15) is 0 Å². The summed E-state index contributed by atoms with van der Waals surface area (Å²) in [7, 11) is 1.46. The van der Waals surface area contributed by atoms with Gasteiger partial charge < -0.3 is 9.30 Å². The quantitative estimate of drug-likeness (QED) is 0.113. The van der Waals surface area contributed by atoms with Crippen molar-refractivity contribution in [3.63, 3.8) is 0 Å². The molecule has 2 saturated carbocycles. The van der Waals surface area contributed by atoms with Gasteiger partial charge in [-0.1, -0.05) is 101 Å². The third-order valence-corrected chi connectivity index (χ3v) is 9.16. The summed E-state index contributed by atoms with van der Waals surface area (Å²) in [6, 6.07) is 36.5. The van der Waals surface area contributed by atoms with Crippen LogP contribution in [0.3, 0.4) is 0 Å². The van der Waals surface area contributed by atoms with E-state index in [1.807, 2.05) is 101 Å². The van der Waals surface area contributed by atoms with Crippen molar-refractivity contribution in [2.24, 2.45) is 11.8 Å². The van der Waals surface area contributed by atoms with Gasteiger partial charge in [0, 0.05) is 46.2 Å². The predicted octanol–water partition coefficient (Wildman–Crippen LogP) is 6.99. The Labute approximate surface area is 264 Å². The van der Waals surface area contributed by atoms with Crippen molar-refractivity contribution in [2.75, 3.05) is 7.11 Å². The van der Waals surface area contributed by atoms with E-state index < -0.39 is 0 Å². The fourth-order valence-corrected chi connectivity index (χ4v) is 6.69. The highest BCUT2D eigenvalue weighted by molar-refractivity contribution is 9.10. The van der Waals surface area contributed by atoms with Crippen molar-refractivity contribution in [3.8, 4) is 5.69 Å². The molecule has 2 fully saturated rings. The molecule has 2 aliphatic rings. The lowest BCUT2D eigenvalue weighted by atomic mass is 10.0. The number of ether oxygens (including phenoxy) is 1. The highest BCUT2D eigenvalue weighted by atomic mass is 79.9. The predicted molar refractivity (Wildman–Crippen MR) is 170 cm³/mol. The first-order chi connectivity index (χ1) is 21.5. The molecular formula is C36H32BrN3O4. The van der Waals surface area contributed by atoms with Crippen LogP contribution in [-0.2, 0) is 14.3 Å². The van der Waals surface area contributed by atoms with Crippen LogP contribution in [0.15, 0.2) is 132 Å². The van der Waals surface area contributed by atoms with Gasteiger partial charge in [-0.3, -0.25) is 14.8 Å². The molecule has 0 saturated heterocycles. The lowest BCUT2D eigenvalue weighted by Gasteiger charge is -2.05. The molecule has 4 aromatic carbocycles. The highest BCUT2D eigenvalue weighted by Gasteiger charge is 2.57. The number of nitrogens with one attached hydrogen (secondary N) is 1. The number of hydrogen-bond donors (Lipinski definition) is 2. The molecule has 222 valence electrons. The summed E-state index contributed by atoms with van der Waals surface area (Å²) in [5, 5.41) is 9.03. The molecule has 0 radical (unpaired) electrons. The largest absolute Gasteiger partial charge is 0.469 e. The number of imidazole rings is 1. The van der Waals surface area contributed by atoms with Gasteiger partial charge in [-0.05, 0) is 46.5 Å². The molecule has 1 heterocycles. The average molecular weight is 651 g/mol. The van der Waals surface area contributed by atoms with Gasteiger partial charge in [0.15, 0.2) is 0 Å². The second kappa shape index (κ2) is 13.0. The summed E-state index contributed by atoms with van der Waals surface area (Å²) in [6.07, 6.45) is 5.38. The van der Waals surface area contributed by atoms with Crippen molar-refractivity contribution in [2.45, 2.75) is 23.7 Å². The molecule has 8 heteroatoms. The zero-order valence-corrected chi connectivity index (χ0v) is 25.6. The first kappa shape index (κ1) is 29.5. The first-order valence-electron chi connectivity index (χ1n) is 14.5. The number of esters is 1. The minimum atomic E-state index is -0.326. The van der Waals surface area contributed by atoms with Gasteiger partial charge in [-0.2, -0.15) is 0 Å². The number of methoxy groups -OCH3 is 1. The molecule has 6 atom stereocenters. The molecule has 2 aliphatic carbocycles. The van der Waals surface area contributed by atoms with Crippen LogP contribution in [0.4, 0.5) is 0 Å². The van der Waals surface area contributed by atoms with E-state index in [1.165, 1.54) is 18.2 Å². The lowest BCUT2D eigenvalue weighted by molar-refractivity contribution is -0.142. The van der Waals surface area contributed by atoms with Crippen LogP contribution in [0.25, 0.3) is 5.69 Å². The fourth-order valence-electron chi connectivity index (χ4n) is 6.43. The standard InChI is InChI=1S/C19H17N3O2.C17H15BrO2/c23-19(21-24)18-16(13-4-2-1-3-5-13)17(18)14-6-8-15(9-7-14)22-11-10-20-12-22;1-20-17(19)16-14(11-5-3-2-4-6-11)15(16)12-7-9-13(18)10-8-12/h1-12,16-18,24H,(H,21,23);2-10,14-16H,1H3/t16-,17-,18-;14-,15-,16-/m11/s1. The monoisotopic (exact) mass is 649 g/mol. The molecule has 5 aromatic rings. The van der Waals surface area contributed by atoms with Gasteiger partial charge in [-0.25, -0.2) is 10.5 Å². The van der Waals surface area contributed by atoms with Crippen LogP contribution in [0.1, 0.15) is 45.9 Å². The Morgan fingerprint density at radius 2 is 1.20 bits per heavy atom. The summed E-state index contributed by atoms with van der Waals surface area (Å²) in [5.74, 6) is -0.129. The molecule has 1 aromatic heterocycles. The van der Waals surface area contributed by atoms with Crippen LogP contribution in [0, 0.1) is 11.8 Å². The van der Waals surface area contributed by atoms with Crippen molar-refractivity contribution >= 4 is 27.8 Å². The van der Waals surface area contributed by atoms with Gasteiger partial charge in [0.25, 0.3) is 0 Å². The maximum absolute atomic E-state index is 12.0. The van der Waals surface area contributed by atoms with Gasteiger partial charge in [0.05, 0.1) is 25.3 Å². The zero-order valence-electron chi connectivity index (χ0n) is 24.0. The number of halogens is 1. The molecule has 0 spiro atoms. The summed E-state index contributed by atoms with van der Waals surface area (Å²) in [4.78, 5) is 28.0. The van der Waals surface area contributed by atoms with Crippen LogP contribution in [-0.4, -0.2) is 33.7 Å². The fraction of sp³-hybridized carbons (Fsp3) is 0.194. The Balaban J connectivity index is 0.000000159. The Kier molecular flexibility index (Phi) is 8.72. The molecular weight excluding hydrogens is 618 g/mol. The van der Waals surface area contributed by atoms with Crippen LogP contribution >= 0.6 is 15.9 Å². The molecule has 7 nitrogen and oxygen atoms in total. The second-order valence-electron chi connectivity index (χ2n) is 11.1. The van der Waals surface area contributed by atoms with Crippen LogP contribution in [0.2, 0.25) is 0 Å². The number of aromatic nitrogens is 2. The number of carbonyl (C=O) groups is 2. The molecule has 0 aliphatic heterocycles. The second-order valence-corrected chi connectivity index (χ2v) is 12.0. The Bertz CT molecular complexity index is 1690. The topological polar surface area (TPSA) is 93.5 Å². The summed E-state index contributed by atoms with van der Waals surface area (Å²) in [6.45, 7) is 0. The third-order valence-electron chi connectivity index (χ3n) is 8.63. The number of nitrogens with zero attached hydrogens (tertiary/aromatic N) is 2. The normalized spacial score (nSPS) is 23.1. The molecule has 0 bridgehead atoms. The minimum absolute atomic E-state index is 0.0661. The van der Waals surface area contributed by atoms with Gasteiger partial charge in [0.2, 0.25) is 5.91 Å². The maximum Gasteiger partial charge on any atom is 0.309 e. The number of hydroxylamine groups is 1. The number of hydrogen-bond acceptors (Lipinski definition) is 5. The Morgan fingerprint density at radius 3 is 1.66 bits per heavy atom. The molecule has 1 amide bonds. The molecule has 2 N–H and O–H groups in total. The number of carbonyl (C=O) groups excluding carboxylic acids is 2. The smallest absolute Gasteiger partial charge is 0.309 e. The lowest BCUT2D eigenvalue weighted by Crippen LogP contribution is -2.21. The van der Waals surface area contributed by atoms with Gasteiger partial charge >= 0.3 is 5.97 Å². The SMILES string of the molecule is COC(=O)[C@@H]1[C@H](c2ccccc2)[C@H]1c1ccc(Br)cc1.O=C(NO)[C@@H]1[C@H](c2ccccc2)[C@H]1c1ccc(-n2ccnc2)cc1. The van der Waals surface area contributed by atoms with Crippen molar-refractivity contribution in [3.05, 3.63) is 155 Å². The Hall–Kier alpha value is -4.53. The van der Waals surface area contributed by atoms with E-state index in [1.54, 1.807) is 12.5 Å². The van der Waals surface area contributed by atoms with E-state index in [9.17, 15) is 9.59 Å². The van der Waals surface area contributed by atoms with E-state index >= 15 is 0 Å². The van der Waals surface area contributed by atoms with E-state index in [2.05, 4.69) is 45.2 Å². The minimum Gasteiger partial charge on any atom is -0.469 e. The van der Waals surface area contributed by atoms with Crippen molar-refractivity contribution in [1.82, 2.24) is 15.0 Å². The summed E-state index contributed by atoms with van der Waals surface area (Å²) < 4.78 is 7.94. The zero-order chi connectivity index (χ0) is 30.6. The van der Waals surface area contributed by atoms with E-state index in [0.717, 1.165) is 21.3 Å². The number of rotatable bonds is 7. The third kappa shape index (κ3) is 6.09. The van der Waals surface area contributed by atoms with Crippen LogP contribution < -0.4 is 5.48 Å². The van der Waals surface area contributed by atoms with E-state index in [0.29, 0.717) is 0 Å². The van der Waals surface area contributed by atoms with E-state index in [4.69, 9.17) is 9.94 Å². The first-order valence-corrected chi connectivity index (χ1v) is 15.3. The number of amides is 1. The van der Waals surface area contributed by atoms with Gasteiger partial charge in [-0.15, -0.1) is 0 Å². The maximum atomic E-state index is 12.0. The summed E-state index contributed by atoms with van der Waals surface area (Å²) in [5.41, 5.74) is 7.45. The molecule has 44 heavy (non-hydrogen) atoms. The molecule has 0 unspecified atom stereocenters. The van der Waals surface area contributed by atoms with Crippen molar-refractivity contribution in [1.29, 1.82) is 0 Å². The summed E-state index contributed by atoms with van der Waals surface area (Å²) >= 11 is 3.44. The van der Waals surface area contributed by atoms with E-state index in [-0.39, 0.29) is 47.4 Å². The number of benzene rings is 4.